The number of carbonyl (C=O) groups excluding carboxylic acids is 1. The van der Waals surface area contributed by atoms with E-state index in [1.54, 1.807) is 12.1 Å². The first kappa shape index (κ1) is 29.3. The second-order valence-electron chi connectivity index (χ2n) is 11.5. The largest absolute Gasteiger partial charge is 0.480 e. The molecule has 2 N–H and O–H groups in total. The molecule has 1 unspecified atom stereocenters. The van der Waals surface area contributed by atoms with E-state index in [9.17, 15) is 24.8 Å². The van der Waals surface area contributed by atoms with Gasteiger partial charge in [-0.3, -0.25) is 10.1 Å². The Balaban J connectivity index is 1.31. The number of benzene rings is 4. The summed E-state index contributed by atoms with van der Waals surface area (Å²) in [6.07, 6.45) is -1.17. The van der Waals surface area contributed by atoms with Gasteiger partial charge in [-0.1, -0.05) is 81.4 Å². The molecule has 9 nitrogen and oxygen atoms in total. The van der Waals surface area contributed by atoms with Gasteiger partial charge in [0.25, 0.3) is 5.69 Å². The summed E-state index contributed by atoms with van der Waals surface area (Å²) in [5.74, 6) is -0.780. The first-order chi connectivity index (χ1) is 20.5. The van der Waals surface area contributed by atoms with Crippen LogP contribution in [-0.4, -0.2) is 34.7 Å². The van der Waals surface area contributed by atoms with Crippen LogP contribution in [0.1, 0.15) is 48.9 Å². The van der Waals surface area contributed by atoms with Crippen LogP contribution in [0.3, 0.4) is 0 Å². The lowest BCUT2D eigenvalue weighted by Gasteiger charge is -2.20. The number of carboxylic acids is 1. The SMILES string of the molecule is CC(C)(C)c1ccc(Oc2ccc([N+](=O)[O-])cc2CC(NC(=O)OCC2c3ccccc3-c3ccccc32)C(=O)O)cc1. The van der Waals surface area contributed by atoms with Crippen molar-refractivity contribution in [3.63, 3.8) is 0 Å². The fourth-order valence-corrected chi connectivity index (χ4v) is 5.29. The van der Waals surface area contributed by atoms with E-state index in [0.717, 1.165) is 27.8 Å². The average molecular weight is 581 g/mol. The minimum absolute atomic E-state index is 0.0158. The third kappa shape index (κ3) is 6.51. The van der Waals surface area contributed by atoms with E-state index in [1.165, 1.54) is 18.2 Å². The molecule has 0 bridgehead atoms. The molecule has 1 atom stereocenters. The number of nitro groups is 1. The van der Waals surface area contributed by atoms with Crippen LogP contribution >= 0.6 is 0 Å². The van der Waals surface area contributed by atoms with Gasteiger partial charge in [-0.05, 0) is 51.4 Å². The Morgan fingerprint density at radius 1 is 0.930 bits per heavy atom. The highest BCUT2D eigenvalue weighted by Crippen LogP contribution is 2.44. The second-order valence-corrected chi connectivity index (χ2v) is 11.5. The number of ether oxygens (including phenoxy) is 2. The predicted octanol–water partition coefficient (Wildman–Crippen LogP) is 7.22. The van der Waals surface area contributed by atoms with Gasteiger partial charge >= 0.3 is 12.1 Å². The van der Waals surface area contributed by atoms with Crippen LogP contribution < -0.4 is 10.1 Å². The van der Waals surface area contributed by atoms with Gasteiger partial charge in [0, 0.05) is 30.0 Å². The number of nitro benzene ring substituents is 1. The van der Waals surface area contributed by atoms with Crippen LogP contribution in [0.4, 0.5) is 10.5 Å². The molecular weight excluding hydrogens is 548 g/mol. The molecule has 0 fully saturated rings. The standard InChI is InChI=1S/C34H32N2O7/c1-34(2,3)22-12-15-24(16-13-22)43-31-17-14-23(36(40)41)18-21(31)19-30(32(37)38)35-33(39)42-20-29-27-10-6-4-8-25(27)26-9-5-7-11-28(26)29/h4-18,29-30H,19-20H2,1-3H3,(H,35,39)(H,37,38). The van der Waals surface area contributed by atoms with Gasteiger partial charge in [-0.2, -0.15) is 0 Å². The van der Waals surface area contributed by atoms with Crippen molar-refractivity contribution in [2.75, 3.05) is 6.61 Å². The maximum absolute atomic E-state index is 12.9. The predicted molar refractivity (Wildman–Crippen MR) is 162 cm³/mol. The van der Waals surface area contributed by atoms with Crippen molar-refractivity contribution in [1.29, 1.82) is 0 Å². The van der Waals surface area contributed by atoms with Gasteiger partial charge in [-0.15, -0.1) is 0 Å². The number of hydrogen-bond acceptors (Lipinski definition) is 6. The summed E-state index contributed by atoms with van der Waals surface area (Å²) >= 11 is 0. The first-order valence-electron chi connectivity index (χ1n) is 13.9. The molecular formula is C34H32N2O7. The number of nitrogens with zero attached hydrogens (tertiary/aromatic N) is 1. The van der Waals surface area contributed by atoms with Gasteiger partial charge in [0.05, 0.1) is 4.92 Å². The Hall–Kier alpha value is -5.18. The third-order valence-corrected chi connectivity index (χ3v) is 7.56. The van der Waals surface area contributed by atoms with Gasteiger partial charge in [0.1, 0.15) is 24.1 Å². The van der Waals surface area contributed by atoms with Crippen molar-refractivity contribution < 1.29 is 29.1 Å². The first-order valence-corrected chi connectivity index (χ1v) is 13.9. The number of amides is 1. The normalized spacial score (nSPS) is 13.0. The fraction of sp³-hybridized carbons (Fsp3) is 0.235. The molecule has 4 aromatic carbocycles. The highest BCUT2D eigenvalue weighted by atomic mass is 16.6. The molecule has 0 aliphatic heterocycles. The average Bonchev–Trinajstić information content (AvgIpc) is 3.29. The lowest BCUT2D eigenvalue weighted by molar-refractivity contribution is -0.384. The summed E-state index contributed by atoms with van der Waals surface area (Å²) in [7, 11) is 0. The number of fused-ring (bicyclic) bond motifs is 3. The van der Waals surface area contributed by atoms with Crippen molar-refractivity contribution >= 4 is 17.7 Å². The summed E-state index contributed by atoms with van der Waals surface area (Å²) < 4.78 is 11.6. The number of hydrogen-bond donors (Lipinski definition) is 2. The molecule has 0 spiro atoms. The van der Waals surface area contributed by atoms with Crippen molar-refractivity contribution in [2.24, 2.45) is 0 Å². The zero-order chi connectivity index (χ0) is 30.7. The maximum atomic E-state index is 12.9. The second kappa shape index (κ2) is 12.0. The van der Waals surface area contributed by atoms with E-state index in [2.05, 4.69) is 26.1 Å². The van der Waals surface area contributed by atoms with E-state index < -0.39 is 23.0 Å². The molecule has 220 valence electrons. The Bertz CT molecular complexity index is 1630. The van der Waals surface area contributed by atoms with E-state index in [4.69, 9.17) is 9.47 Å². The van der Waals surface area contributed by atoms with Gasteiger partial charge in [-0.25, -0.2) is 9.59 Å². The Kier molecular flexibility index (Phi) is 8.16. The summed E-state index contributed by atoms with van der Waals surface area (Å²) in [6.45, 7) is 6.29. The van der Waals surface area contributed by atoms with E-state index in [-0.39, 0.29) is 41.4 Å². The number of carbonyl (C=O) groups is 2. The van der Waals surface area contributed by atoms with Crippen molar-refractivity contribution in [3.05, 3.63) is 123 Å². The zero-order valence-electron chi connectivity index (χ0n) is 24.1. The smallest absolute Gasteiger partial charge is 0.407 e. The Morgan fingerprint density at radius 2 is 1.53 bits per heavy atom. The minimum atomic E-state index is -1.43. The number of non-ortho nitro benzene ring substituents is 1. The molecule has 4 aromatic rings. The molecule has 1 aliphatic rings. The third-order valence-electron chi connectivity index (χ3n) is 7.56. The molecule has 0 aromatic heterocycles. The van der Waals surface area contributed by atoms with Crippen molar-refractivity contribution in [2.45, 2.75) is 44.6 Å². The lowest BCUT2D eigenvalue weighted by Crippen LogP contribution is -2.43. The van der Waals surface area contributed by atoms with E-state index >= 15 is 0 Å². The Labute approximate surface area is 249 Å². The van der Waals surface area contributed by atoms with E-state index in [1.807, 2.05) is 60.7 Å². The van der Waals surface area contributed by atoms with Crippen LogP contribution in [0, 0.1) is 10.1 Å². The number of nitrogens with one attached hydrogen (secondary N) is 1. The highest BCUT2D eigenvalue weighted by Gasteiger charge is 2.30. The molecule has 0 saturated carbocycles. The van der Waals surface area contributed by atoms with Crippen LogP contribution in [0.15, 0.2) is 91.0 Å². The van der Waals surface area contributed by atoms with Crippen molar-refractivity contribution in [3.8, 4) is 22.6 Å². The number of rotatable bonds is 9. The van der Waals surface area contributed by atoms with Crippen molar-refractivity contribution in [1.82, 2.24) is 5.32 Å². The summed E-state index contributed by atoms with van der Waals surface area (Å²) in [5, 5.41) is 23.9. The highest BCUT2D eigenvalue weighted by molar-refractivity contribution is 5.81. The number of carboxylic acid groups (broad SMARTS) is 1. The monoisotopic (exact) mass is 580 g/mol. The number of aliphatic carboxylic acids is 1. The number of alkyl carbamates (subject to hydrolysis) is 1. The molecule has 1 amide bonds. The molecule has 43 heavy (non-hydrogen) atoms. The minimum Gasteiger partial charge on any atom is -0.480 e. The summed E-state index contributed by atoms with van der Waals surface area (Å²) in [4.78, 5) is 36.0. The van der Waals surface area contributed by atoms with Crippen LogP contribution in [0.25, 0.3) is 11.1 Å². The molecule has 0 radical (unpaired) electrons. The van der Waals surface area contributed by atoms with Gasteiger partial charge in [0.2, 0.25) is 0 Å². The van der Waals surface area contributed by atoms with Gasteiger partial charge in [0.15, 0.2) is 0 Å². The van der Waals surface area contributed by atoms with Gasteiger partial charge < -0.3 is 19.9 Å². The summed E-state index contributed by atoms with van der Waals surface area (Å²) in [6, 6.07) is 25.8. The molecule has 0 saturated heterocycles. The maximum Gasteiger partial charge on any atom is 0.407 e. The topological polar surface area (TPSA) is 128 Å². The molecule has 9 heteroatoms. The quantitative estimate of drug-likeness (QED) is 0.158. The Morgan fingerprint density at radius 3 is 2.09 bits per heavy atom. The zero-order valence-corrected chi connectivity index (χ0v) is 24.1. The molecule has 5 rings (SSSR count). The van der Waals surface area contributed by atoms with Crippen LogP contribution in [0.2, 0.25) is 0 Å². The molecule has 0 heterocycles. The van der Waals surface area contributed by atoms with E-state index in [0.29, 0.717) is 5.75 Å². The lowest BCUT2D eigenvalue weighted by atomic mass is 9.87. The van der Waals surface area contributed by atoms with Crippen LogP contribution in [0.5, 0.6) is 11.5 Å². The molecule has 1 aliphatic carbocycles. The summed E-state index contributed by atoms with van der Waals surface area (Å²) in [5.41, 5.74) is 5.26. The fourth-order valence-electron chi connectivity index (χ4n) is 5.29. The van der Waals surface area contributed by atoms with Crippen LogP contribution in [-0.2, 0) is 21.4 Å².